The summed E-state index contributed by atoms with van der Waals surface area (Å²) in [6.45, 7) is 5.99. The van der Waals surface area contributed by atoms with Crippen molar-refractivity contribution in [3.05, 3.63) is 5.82 Å². The number of aromatic nitrogens is 2. The summed E-state index contributed by atoms with van der Waals surface area (Å²) in [6.07, 6.45) is 0. The van der Waals surface area contributed by atoms with E-state index in [1.54, 1.807) is 11.8 Å². The van der Waals surface area contributed by atoms with Crippen molar-refractivity contribution in [1.29, 1.82) is 0 Å². The Balaban J connectivity index is 2.58. The van der Waals surface area contributed by atoms with E-state index in [2.05, 4.69) is 24.0 Å². The minimum absolute atomic E-state index is 0.500. The molecule has 0 saturated heterocycles. The Morgan fingerprint density at radius 2 is 2.20 bits per heavy atom. The molecular formula is C6H10N2OS. The van der Waals surface area contributed by atoms with E-state index in [0.29, 0.717) is 16.3 Å². The van der Waals surface area contributed by atoms with Crippen molar-refractivity contribution in [1.82, 2.24) is 10.1 Å². The van der Waals surface area contributed by atoms with Crippen LogP contribution in [0.1, 0.15) is 19.7 Å². The highest BCUT2D eigenvalue weighted by atomic mass is 32.2. The summed E-state index contributed by atoms with van der Waals surface area (Å²) < 4.78 is 4.88. The Bertz CT molecular complexity index is 209. The summed E-state index contributed by atoms with van der Waals surface area (Å²) in [6, 6.07) is 0. The van der Waals surface area contributed by atoms with Crippen molar-refractivity contribution >= 4 is 11.8 Å². The van der Waals surface area contributed by atoms with Gasteiger partial charge in [0, 0.05) is 5.25 Å². The van der Waals surface area contributed by atoms with Crippen LogP contribution in [0.4, 0.5) is 0 Å². The second-order valence-corrected chi connectivity index (χ2v) is 3.80. The van der Waals surface area contributed by atoms with Gasteiger partial charge in [0.2, 0.25) is 0 Å². The fourth-order valence-corrected chi connectivity index (χ4v) is 1.20. The maximum absolute atomic E-state index is 4.88. The Morgan fingerprint density at radius 3 is 2.60 bits per heavy atom. The lowest BCUT2D eigenvalue weighted by Gasteiger charge is -1.95. The number of rotatable bonds is 2. The molecule has 0 amide bonds. The van der Waals surface area contributed by atoms with Crippen molar-refractivity contribution in [2.75, 3.05) is 0 Å². The van der Waals surface area contributed by atoms with E-state index in [1.807, 2.05) is 6.92 Å². The molecule has 0 atom stereocenters. The minimum atomic E-state index is 0.500. The highest BCUT2D eigenvalue weighted by Gasteiger charge is 2.04. The van der Waals surface area contributed by atoms with E-state index >= 15 is 0 Å². The molecule has 0 saturated carbocycles. The fourth-order valence-electron chi connectivity index (χ4n) is 0.528. The quantitative estimate of drug-likeness (QED) is 0.616. The molecule has 0 N–H and O–H groups in total. The van der Waals surface area contributed by atoms with Crippen LogP contribution in [0, 0.1) is 6.92 Å². The topological polar surface area (TPSA) is 38.9 Å². The number of hydrogen-bond donors (Lipinski definition) is 0. The molecule has 0 bridgehead atoms. The third-order valence-electron chi connectivity index (χ3n) is 0.845. The molecule has 1 aromatic rings. The first-order valence-electron chi connectivity index (χ1n) is 3.15. The van der Waals surface area contributed by atoms with Crippen LogP contribution >= 0.6 is 11.8 Å². The van der Waals surface area contributed by atoms with Crippen LogP contribution in [0.3, 0.4) is 0 Å². The standard InChI is InChI=1S/C6H10N2OS/c1-4(2)10-6-7-5(3)8-9-6/h4H,1-3H3. The highest BCUT2D eigenvalue weighted by Crippen LogP contribution is 2.19. The lowest BCUT2D eigenvalue weighted by Crippen LogP contribution is -1.85. The van der Waals surface area contributed by atoms with Gasteiger partial charge in [-0.1, -0.05) is 30.8 Å². The normalized spacial score (nSPS) is 10.8. The van der Waals surface area contributed by atoms with Crippen LogP contribution in [0.15, 0.2) is 9.75 Å². The molecule has 0 fully saturated rings. The molecule has 10 heavy (non-hydrogen) atoms. The molecule has 0 unspecified atom stereocenters. The smallest absolute Gasteiger partial charge is 0.285 e. The summed E-state index contributed by atoms with van der Waals surface area (Å²) in [4.78, 5) is 4.04. The van der Waals surface area contributed by atoms with Gasteiger partial charge in [0.25, 0.3) is 5.22 Å². The SMILES string of the molecule is Cc1noc(SC(C)C)n1. The van der Waals surface area contributed by atoms with Crippen LogP contribution in [0.25, 0.3) is 0 Å². The molecule has 0 spiro atoms. The first kappa shape index (κ1) is 7.60. The molecule has 0 aromatic carbocycles. The van der Waals surface area contributed by atoms with Crippen LogP contribution in [0.5, 0.6) is 0 Å². The van der Waals surface area contributed by atoms with E-state index < -0.39 is 0 Å². The largest absolute Gasteiger partial charge is 0.327 e. The van der Waals surface area contributed by atoms with Crippen molar-refractivity contribution in [2.45, 2.75) is 31.2 Å². The van der Waals surface area contributed by atoms with Gasteiger partial charge >= 0.3 is 0 Å². The van der Waals surface area contributed by atoms with E-state index in [9.17, 15) is 0 Å². The van der Waals surface area contributed by atoms with E-state index in [1.165, 1.54) is 0 Å². The maximum atomic E-state index is 4.88. The molecule has 1 heterocycles. The van der Waals surface area contributed by atoms with Gasteiger partial charge in [-0.15, -0.1) is 0 Å². The molecule has 56 valence electrons. The van der Waals surface area contributed by atoms with Gasteiger partial charge < -0.3 is 4.52 Å². The Hall–Kier alpha value is -0.510. The van der Waals surface area contributed by atoms with Gasteiger partial charge in [-0.3, -0.25) is 0 Å². The Morgan fingerprint density at radius 1 is 1.50 bits per heavy atom. The van der Waals surface area contributed by atoms with E-state index in [0.717, 1.165) is 0 Å². The first-order chi connectivity index (χ1) is 4.68. The Labute approximate surface area is 64.2 Å². The molecular weight excluding hydrogens is 148 g/mol. The summed E-state index contributed by atoms with van der Waals surface area (Å²) >= 11 is 1.58. The predicted octanol–water partition coefficient (Wildman–Crippen LogP) is 1.88. The van der Waals surface area contributed by atoms with Gasteiger partial charge in [0.15, 0.2) is 5.82 Å². The molecule has 4 heteroatoms. The number of hydrogen-bond acceptors (Lipinski definition) is 4. The summed E-state index contributed by atoms with van der Waals surface area (Å²) in [5.74, 6) is 0.697. The number of aryl methyl sites for hydroxylation is 1. The van der Waals surface area contributed by atoms with Gasteiger partial charge in [-0.2, -0.15) is 4.98 Å². The number of nitrogens with zero attached hydrogens (tertiary/aromatic N) is 2. The molecule has 3 nitrogen and oxygen atoms in total. The highest BCUT2D eigenvalue weighted by molar-refractivity contribution is 7.99. The van der Waals surface area contributed by atoms with Crippen molar-refractivity contribution in [3.8, 4) is 0 Å². The predicted molar refractivity (Wildman–Crippen MR) is 40.0 cm³/mol. The van der Waals surface area contributed by atoms with Crippen molar-refractivity contribution in [2.24, 2.45) is 0 Å². The summed E-state index contributed by atoms with van der Waals surface area (Å²) in [7, 11) is 0. The van der Waals surface area contributed by atoms with Gasteiger partial charge in [-0.05, 0) is 6.92 Å². The van der Waals surface area contributed by atoms with Crippen LogP contribution < -0.4 is 0 Å². The first-order valence-corrected chi connectivity index (χ1v) is 4.03. The fraction of sp³-hybridized carbons (Fsp3) is 0.667. The van der Waals surface area contributed by atoms with Crippen LogP contribution in [-0.2, 0) is 0 Å². The lowest BCUT2D eigenvalue weighted by molar-refractivity contribution is 0.338. The third kappa shape index (κ3) is 2.02. The van der Waals surface area contributed by atoms with Crippen molar-refractivity contribution in [3.63, 3.8) is 0 Å². The molecule has 0 aliphatic heterocycles. The second-order valence-electron chi connectivity index (χ2n) is 2.27. The van der Waals surface area contributed by atoms with Crippen molar-refractivity contribution < 1.29 is 4.52 Å². The molecule has 0 aliphatic carbocycles. The number of thioether (sulfide) groups is 1. The Kier molecular flexibility index (Phi) is 2.32. The van der Waals surface area contributed by atoms with Gasteiger partial charge in [0.05, 0.1) is 0 Å². The zero-order valence-corrected chi connectivity index (χ0v) is 7.10. The summed E-state index contributed by atoms with van der Waals surface area (Å²) in [5, 5.41) is 4.82. The van der Waals surface area contributed by atoms with E-state index in [4.69, 9.17) is 4.52 Å². The zero-order chi connectivity index (χ0) is 7.56. The van der Waals surface area contributed by atoms with Gasteiger partial charge in [0.1, 0.15) is 0 Å². The maximum Gasteiger partial charge on any atom is 0.285 e. The third-order valence-corrected chi connectivity index (χ3v) is 1.68. The van der Waals surface area contributed by atoms with E-state index in [-0.39, 0.29) is 0 Å². The molecule has 1 aromatic heterocycles. The monoisotopic (exact) mass is 158 g/mol. The molecule has 0 radical (unpaired) electrons. The van der Waals surface area contributed by atoms with Crippen LogP contribution in [-0.4, -0.2) is 15.4 Å². The molecule has 0 aliphatic rings. The van der Waals surface area contributed by atoms with Gasteiger partial charge in [-0.25, -0.2) is 0 Å². The average molecular weight is 158 g/mol. The minimum Gasteiger partial charge on any atom is -0.327 e. The molecule has 1 rings (SSSR count). The lowest BCUT2D eigenvalue weighted by atomic mass is 10.6. The summed E-state index contributed by atoms with van der Waals surface area (Å²) in [5.41, 5.74) is 0. The second kappa shape index (κ2) is 3.05. The van der Waals surface area contributed by atoms with Crippen LogP contribution in [0.2, 0.25) is 0 Å². The zero-order valence-electron chi connectivity index (χ0n) is 6.29. The average Bonchev–Trinajstić information content (AvgIpc) is 2.13.